The van der Waals surface area contributed by atoms with Crippen molar-refractivity contribution >= 4 is 5.91 Å². The number of likely N-dealkylation sites (tertiary alicyclic amines) is 1. The van der Waals surface area contributed by atoms with Crippen LogP contribution >= 0.6 is 0 Å². The van der Waals surface area contributed by atoms with Gasteiger partial charge < -0.3 is 10.0 Å². The Morgan fingerprint density at radius 3 is 3.06 bits per heavy atom. The molecule has 1 unspecified atom stereocenters. The number of nitrogens with zero attached hydrogens (tertiary/aromatic N) is 3. The highest BCUT2D eigenvalue weighted by atomic mass is 16.3. The summed E-state index contributed by atoms with van der Waals surface area (Å²) in [5.74, 6) is -0.133. The zero-order valence-corrected chi connectivity index (χ0v) is 9.04. The summed E-state index contributed by atoms with van der Waals surface area (Å²) in [7, 11) is 0. The van der Waals surface area contributed by atoms with E-state index in [4.69, 9.17) is 0 Å². The predicted octanol–water partition coefficient (Wildman–Crippen LogP) is 0.464. The Hall–Kier alpha value is -1.49. The van der Waals surface area contributed by atoms with Gasteiger partial charge in [0.25, 0.3) is 5.91 Å². The summed E-state index contributed by atoms with van der Waals surface area (Å²) in [5.41, 5.74) is 0.350. The second kappa shape index (κ2) is 5.03. The third-order valence-electron chi connectivity index (χ3n) is 2.88. The van der Waals surface area contributed by atoms with E-state index in [1.807, 2.05) is 0 Å². The van der Waals surface area contributed by atoms with E-state index in [2.05, 4.69) is 9.97 Å². The van der Waals surface area contributed by atoms with Crippen molar-refractivity contribution < 1.29 is 9.90 Å². The van der Waals surface area contributed by atoms with E-state index in [1.54, 1.807) is 4.90 Å². The van der Waals surface area contributed by atoms with Crippen molar-refractivity contribution in [1.82, 2.24) is 14.9 Å². The van der Waals surface area contributed by atoms with Gasteiger partial charge in [0.2, 0.25) is 0 Å². The Morgan fingerprint density at radius 2 is 2.38 bits per heavy atom. The van der Waals surface area contributed by atoms with Crippen LogP contribution in [-0.4, -0.2) is 45.1 Å². The highest BCUT2D eigenvalue weighted by Crippen LogP contribution is 2.18. The van der Waals surface area contributed by atoms with E-state index in [9.17, 15) is 9.90 Å². The molecule has 1 saturated heterocycles. The van der Waals surface area contributed by atoms with Crippen LogP contribution in [0.2, 0.25) is 0 Å². The molecule has 0 radical (unpaired) electrons. The molecule has 0 saturated carbocycles. The van der Waals surface area contributed by atoms with E-state index in [0.717, 1.165) is 19.3 Å². The van der Waals surface area contributed by atoms with Gasteiger partial charge >= 0.3 is 0 Å². The fourth-order valence-corrected chi connectivity index (χ4v) is 2.01. The van der Waals surface area contributed by atoms with E-state index in [-0.39, 0.29) is 18.6 Å². The molecule has 1 aromatic heterocycles. The zero-order chi connectivity index (χ0) is 11.4. The van der Waals surface area contributed by atoms with E-state index < -0.39 is 0 Å². The second-order valence-electron chi connectivity index (χ2n) is 3.92. The van der Waals surface area contributed by atoms with Gasteiger partial charge in [-0.05, 0) is 19.3 Å². The molecule has 16 heavy (non-hydrogen) atoms. The van der Waals surface area contributed by atoms with Gasteiger partial charge in [0.05, 0.1) is 18.8 Å². The smallest absolute Gasteiger partial charge is 0.274 e. The van der Waals surface area contributed by atoms with Crippen LogP contribution in [0.3, 0.4) is 0 Å². The van der Waals surface area contributed by atoms with Crippen LogP contribution in [0.1, 0.15) is 29.8 Å². The van der Waals surface area contributed by atoms with Crippen LogP contribution < -0.4 is 0 Å². The van der Waals surface area contributed by atoms with Gasteiger partial charge in [0.1, 0.15) is 5.69 Å². The van der Waals surface area contributed by atoms with Gasteiger partial charge in [0, 0.05) is 18.9 Å². The molecule has 1 aliphatic heterocycles. The van der Waals surface area contributed by atoms with Gasteiger partial charge in [-0.2, -0.15) is 0 Å². The van der Waals surface area contributed by atoms with E-state index >= 15 is 0 Å². The number of rotatable bonds is 2. The number of hydrogen-bond acceptors (Lipinski definition) is 4. The molecule has 86 valence electrons. The fraction of sp³-hybridized carbons (Fsp3) is 0.545. The van der Waals surface area contributed by atoms with Gasteiger partial charge in [-0.15, -0.1) is 0 Å². The van der Waals surface area contributed by atoms with Crippen molar-refractivity contribution in [3.8, 4) is 0 Å². The van der Waals surface area contributed by atoms with Crippen molar-refractivity contribution in [2.45, 2.75) is 25.3 Å². The average Bonchev–Trinajstić information content (AvgIpc) is 2.39. The molecule has 1 aromatic rings. The SMILES string of the molecule is O=C(c1cnccn1)N1CCCCC1CO. The molecule has 0 aromatic carbocycles. The van der Waals surface area contributed by atoms with Gasteiger partial charge in [-0.3, -0.25) is 9.78 Å². The Kier molecular flexibility index (Phi) is 3.46. The van der Waals surface area contributed by atoms with E-state index in [0.29, 0.717) is 12.2 Å². The fourth-order valence-electron chi connectivity index (χ4n) is 2.01. The molecule has 1 amide bonds. The minimum absolute atomic E-state index is 0.0198. The Bertz CT molecular complexity index is 356. The third kappa shape index (κ3) is 2.19. The van der Waals surface area contributed by atoms with Crippen LogP contribution in [0.4, 0.5) is 0 Å². The molecule has 0 bridgehead atoms. The first kappa shape index (κ1) is 11.0. The van der Waals surface area contributed by atoms with Crippen molar-refractivity contribution in [2.75, 3.05) is 13.2 Å². The molecule has 0 aliphatic carbocycles. The molecule has 2 rings (SSSR count). The minimum Gasteiger partial charge on any atom is -0.394 e. The van der Waals surface area contributed by atoms with Gasteiger partial charge in [0.15, 0.2) is 0 Å². The highest BCUT2D eigenvalue weighted by Gasteiger charge is 2.27. The maximum Gasteiger partial charge on any atom is 0.274 e. The van der Waals surface area contributed by atoms with E-state index in [1.165, 1.54) is 18.6 Å². The summed E-state index contributed by atoms with van der Waals surface area (Å²) >= 11 is 0. The lowest BCUT2D eigenvalue weighted by Crippen LogP contribution is -2.45. The Balaban J connectivity index is 2.14. The number of carbonyl (C=O) groups is 1. The van der Waals surface area contributed by atoms with Crippen molar-refractivity contribution in [3.63, 3.8) is 0 Å². The molecule has 5 heteroatoms. The average molecular weight is 221 g/mol. The molecular formula is C11H15N3O2. The highest BCUT2D eigenvalue weighted by molar-refractivity contribution is 5.92. The number of aliphatic hydroxyl groups excluding tert-OH is 1. The molecule has 1 N–H and O–H groups in total. The molecular weight excluding hydrogens is 206 g/mol. The first-order valence-corrected chi connectivity index (χ1v) is 5.51. The number of piperidine rings is 1. The minimum atomic E-state index is -0.133. The quantitative estimate of drug-likeness (QED) is 0.788. The Labute approximate surface area is 94.1 Å². The lowest BCUT2D eigenvalue weighted by Gasteiger charge is -2.34. The largest absolute Gasteiger partial charge is 0.394 e. The summed E-state index contributed by atoms with van der Waals surface area (Å²) in [6, 6.07) is -0.0664. The van der Waals surface area contributed by atoms with Crippen LogP contribution in [0.5, 0.6) is 0 Å². The molecule has 5 nitrogen and oxygen atoms in total. The van der Waals surface area contributed by atoms with Crippen LogP contribution in [0.15, 0.2) is 18.6 Å². The molecule has 1 atom stereocenters. The van der Waals surface area contributed by atoms with Gasteiger partial charge in [-0.25, -0.2) is 4.98 Å². The standard InChI is InChI=1S/C11H15N3O2/c15-8-9-3-1-2-6-14(9)11(16)10-7-12-4-5-13-10/h4-5,7,9,15H,1-3,6,8H2. The van der Waals surface area contributed by atoms with Crippen molar-refractivity contribution in [2.24, 2.45) is 0 Å². The van der Waals surface area contributed by atoms with Crippen LogP contribution in [0, 0.1) is 0 Å². The summed E-state index contributed by atoms with van der Waals surface area (Å²) in [4.78, 5) is 21.6. The Morgan fingerprint density at radius 1 is 1.50 bits per heavy atom. The topological polar surface area (TPSA) is 66.3 Å². The normalized spacial score (nSPS) is 20.8. The zero-order valence-electron chi connectivity index (χ0n) is 9.04. The number of aliphatic hydroxyl groups is 1. The van der Waals surface area contributed by atoms with Crippen LogP contribution in [-0.2, 0) is 0 Å². The first-order chi connectivity index (χ1) is 7.83. The maximum absolute atomic E-state index is 12.1. The number of amides is 1. The summed E-state index contributed by atoms with van der Waals surface area (Å²) in [6.07, 6.45) is 7.42. The lowest BCUT2D eigenvalue weighted by atomic mass is 10.0. The lowest BCUT2D eigenvalue weighted by molar-refractivity contribution is 0.0497. The summed E-state index contributed by atoms with van der Waals surface area (Å²) in [6.45, 7) is 0.715. The van der Waals surface area contributed by atoms with Crippen LogP contribution in [0.25, 0.3) is 0 Å². The number of carbonyl (C=O) groups excluding carboxylic acids is 1. The molecule has 1 fully saturated rings. The molecule has 0 spiro atoms. The van der Waals surface area contributed by atoms with Crippen molar-refractivity contribution in [1.29, 1.82) is 0 Å². The number of aromatic nitrogens is 2. The summed E-state index contributed by atoms with van der Waals surface area (Å²) < 4.78 is 0. The van der Waals surface area contributed by atoms with Crippen molar-refractivity contribution in [3.05, 3.63) is 24.3 Å². The third-order valence-corrected chi connectivity index (χ3v) is 2.88. The maximum atomic E-state index is 12.1. The monoisotopic (exact) mass is 221 g/mol. The molecule has 1 aliphatic rings. The van der Waals surface area contributed by atoms with Gasteiger partial charge in [-0.1, -0.05) is 0 Å². The first-order valence-electron chi connectivity index (χ1n) is 5.51. The number of hydrogen-bond donors (Lipinski definition) is 1. The summed E-state index contributed by atoms with van der Waals surface area (Å²) in [5, 5.41) is 9.23. The molecule has 2 heterocycles. The predicted molar refractivity (Wildman–Crippen MR) is 57.8 cm³/mol. The second-order valence-corrected chi connectivity index (χ2v) is 3.92.